The van der Waals surface area contributed by atoms with Crippen molar-refractivity contribution in [3.05, 3.63) is 24.3 Å². The van der Waals surface area contributed by atoms with E-state index in [0.29, 0.717) is 24.9 Å². The van der Waals surface area contributed by atoms with E-state index in [4.69, 9.17) is 9.47 Å². The molecule has 0 spiro atoms. The molecule has 1 saturated carbocycles. The minimum Gasteiger partial charge on any atom is -0.374 e. The van der Waals surface area contributed by atoms with E-state index in [1.807, 2.05) is 13.8 Å². The van der Waals surface area contributed by atoms with Crippen LogP contribution in [0, 0.1) is 23.7 Å². The lowest BCUT2D eigenvalue weighted by Gasteiger charge is -2.28. The molecular weight excluding hydrogens is 380 g/mol. The molecule has 30 heavy (non-hydrogen) atoms. The summed E-state index contributed by atoms with van der Waals surface area (Å²) in [6, 6.07) is 0. The largest absolute Gasteiger partial charge is 0.374 e. The van der Waals surface area contributed by atoms with Crippen LogP contribution in [0.5, 0.6) is 0 Å². The Kier molecular flexibility index (Phi) is 8.12. The van der Waals surface area contributed by atoms with Gasteiger partial charge in [-0.25, -0.2) is 0 Å². The van der Waals surface area contributed by atoms with Gasteiger partial charge in [-0.15, -0.1) is 0 Å². The van der Waals surface area contributed by atoms with Gasteiger partial charge in [0.2, 0.25) is 11.8 Å². The van der Waals surface area contributed by atoms with Crippen molar-refractivity contribution >= 4 is 11.8 Å². The van der Waals surface area contributed by atoms with Crippen LogP contribution in [0.4, 0.5) is 0 Å². The minimum atomic E-state index is 0.00989. The first-order valence-electron chi connectivity index (χ1n) is 11.5. The molecule has 168 valence electrons. The Morgan fingerprint density at radius 3 is 1.43 bits per heavy atom. The molecule has 0 aromatic carbocycles. The van der Waals surface area contributed by atoms with E-state index in [9.17, 15) is 9.59 Å². The van der Waals surface area contributed by atoms with Crippen molar-refractivity contribution in [3.8, 4) is 0 Å². The normalized spacial score (nSPS) is 33.8. The van der Waals surface area contributed by atoms with Gasteiger partial charge in [0.1, 0.15) is 0 Å². The van der Waals surface area contributed by atoms with Crippen molar-refractivity contribution in [1.82, 2.24) is 10.6 Å². The lowest BCUT2D eigenvalue weighted by atomic mass is 9.81. The molecule has 2 saturated heterocycles. The highest BCUT2D eigenvalue weighted by atomic mass is 16.5. The van der Waals surface area contributed by atoms with Crippen LogP contribution in [0.1, 0.15) is 52.4 Å². The average molecular weight is 419 g/mol. The van der Waals surface area contributed by atoms with E-state index in [2.05, 4.69) is 23.8 Å². The first kappa shape index (κ1) is 23.0. The van der Waals surface area contributed by atoms with E-state index in [0.717, 1.165) is 62.9 Å². The Balaban J connectivity index is 1.36. The van der Waals surface area contributed by atoms with Gasteiger partial charge in [0, 0.05) is 50.0 Å². The Morgan fingerprint density at radius 2 is 1.10 bits per heavy atom. The summed E-state index contributed by atoms with van der Waals surface area (Å²) in [5.74, 6) is 0.890. The van der Waals surface area contributed by atoms with E-state index in [-0.39, 0.29) is 35.9 Å². The third kappa shape index (κ3) is 5.73. The smallest absolute Gasteiger partial charge is 0.223 e. The number of carbonyl (C=O) groups is 2. The number of hydrogen-bond donors (Lipinski definition) is 2. The Labute approximate surface area is 180 Å². The van der Waals surface area contributed by atoms with E-state index in [1.54, 1.807) is 0 Å². The third-order valence-corrected chi connectivity index (χ3v) is 6.95. The van der Waals surface area contributed by atoms with Crippen molar-refractivity contribution in [1.29, 1.82) is 0 Å². The van der Waals surface area contributed by atoms with Crippen molar-refractivity contribution in [2.75, 3.05) is 26.3 Å². The van der Waals surface area contributed by atoms with Gasteiger partial charge in [-0.2, -0.15) is 0 Å². The number of rotatable bonds is 8. The monoisotopic (exact) mass is 418 g/mol. The molecule has 0 aromatic rings. The van der Waals surface area contributed by atoms with Crippen LogP contribution in [0.3, 0.4) is 0 Å². The maximum absolute atomic E-state index is 12.6. The quantitative estimate of drug-likeness (QED) is 0.594. The summed E-state index contributed by atoms with van der Waals surface area (Å²) in [7, 11) is 0. The molecule has 3 fully saturated rings. The summed E-state index contributed by atoms with van der Waals surface area (Å²) < 4.78 is 11.4. The molecule has 6 heteroatoms. The Morgan fingerprint density at radius 1 is 0.733 bits per heavy atom. The highest BCUT2D eigenvalue weighted by Gasteiger charge is 2.34. The van der Waals surface area contributed by atoms with E-state index in [1.165, 1.54) is 0 Å². The highest BCUT2D eigenvalue weighted by molar-refractivity contribution is 5.81. The van der Waals surface area contributed by atoms with Gasteiger partial charge >= 0.3 is 0 Å². The number of ether oxygens (including phenoxy) is 2. The molecule has 3 aliphatic rings. The summed E-state index contributed by atoms with van der Waals surface area (Å²) in [6.45, 7) is 14.7. The Hall–Kier alpha value is -1.66. The fraction of sp³-hybridized carbons (Fsp3) is 0.750. The van der Waals surface area contributed by atoms with Gasteiger partial charge < -0.3 is 20.1 Å². The van der Waals surface area contributed by atoms with Crippen LogP contribution in [0.2, 0.25) is 0 Å². The SMILES string of the molecule is C=C(C)C1OCCC1CNC(=O)C1CCC(C(=O)NCC2CCOC2C(=C)C)CC1. The number of hydrogen-bond acceptors (Lipinski definition) is 4. The zero-order valence-electron chi connectivity index (χ0n) is 18.6. The Bertz CT molecular complexity index is 598. The molecule has 2 amide bonds. The zero-order valence-corrected chi connectivity index (χ0v) is 18.6. The summed E-state index contributed by atoms with van der Waals surface area (Å²) in [4.78, 5) is 25.2. The first-order valence-corrected chi connectivity index (χ1v) is 11.5. The molecule has 6 nitrogen and oxygen atoms in total. The van der Waals surface area contributed by atoms with E-state index < -0.39 is 0 Å². The lowest BCUT2D eigenvalue weighted by Crippen LogP contribution is -2.41. The number of amides is 2. The summed E-state index contributed by atoms with van der Waals surface area (Å²) in [6.07, 6.45) is 5.13. The van der Waals surface area contributed by atoms with Crippen LogP contribution < -0.4 is 10.6 Å². The second-order valence-electron chi connectivity index (χ2n) is 9.41. The molecule has 3 rings (SSSR count). The maximum Gasteiger partial charge on any atom is 0.223 e. The predicted molar refractivity (Wildman–Crippen MR) is 117 cm³/mol. The van der Waals surface area contributed by atoms with Gasteiger partial charge in [-0.3, -0.25) is 9.59 Å². The molecular formula is C24H38N2O4. The summed E-state index contributed by atoms with van der Waals surface area (Å²) >= 11 is 0. The van der Waals surface area contributed by atoms with Crippen molar-refractivity contribution in [3.63, 3.8) is 0 Å². The van der Waals surface area contributed by atoms with Gasteiger partial charge in [0.05, 0.1) is 12.2 Å². The van der Waals surface area contributed by atoms with Gasteiger partial charge in [0.25, 0.3) is 0 Å². The molecule has 0 radical (unpaired) electrons. The van der Waals surface area contributed by atoms with Gasteiger partial charge in [-0.1, -0.05) is 24.3 Å². The molecule has 4 unspecified atom stereocenters. The zero-order chi connectivity index (χ0) is 21.7. The molecule has 0 bridgehead atoms. The minimum absolute atomic E-state index is 0.00989. The van der Waals surface area contributed by atoms with Gasteiger partial charge in [-0.05, 0) is 52.4 Å². The molecule has 4 atom stereocenters. The standard InChI is InChI=1S/C24H38N2O4/c1-15(2)21-19(9-11-29-21)13-25-23(27)17-5-7-18(8-6-17)24(28)26-14-20-10-12-30-22(20)16(3)4/h17-22H,1,3,5-14H2,2,4H3,(H,25,27)(H,26,28). The summed E-state index contributed by atoms with van der Waals surface area (Å²) in [5.41, 5.74) is 2.05. The molecule has 0 aromatic heterocycles. The van der Waals surface area contributed by atoms with E-state index >= 15 is 0 Å². The van der Waals surface area contributed by atoms with Crippen LogP contribution in [-0.4, -0.2) is 50.3 Å². The van der Waals surface area contributed by atoms with Crippen molar-refractivity contribution in [2.24, 2.45) is 23.7 Å². The molecule has 2 heterocycles. The lowest BCUT2D eigenvalue weighted by molar-refractivity contribution is -0.130. The topological polar surface area (TPSA) is 76.7 Å². The predicted octanol–water partition coefficient (Wildman–Crippen LogP) is 2.99. The highest BCUT2D eigenvalue weighted by Crippen LogP contribution is 2.30. The van der Waals surface area contributed by atoms with Crippen molar-refractivity contribution in [2.45, 2.75) is 64.6 Å². The average Bonchev–Trinajstić information content (AvgIpc) is 3.39. The number of carbonyl (C=O) groups excluding carboxylic acids is 2. The van der Waals surface area contributed by atoms with Crippen LogP contribution >= 0.6 is 0 Å². The molecule has 2 aliphatic heterocycles. The van der Waals surface area contributed by atoms with Crippen LogP contribution in [-0.2, 0) is 19.1 Å². The maximum atomic E-state index is 12.6. The number of nitrogens with one attached hydrogen (secondary N) is 2. The van der Waals surface area contributed by atoms with Crippen LogP contribution in [0.25, 0.3) is 0 Å². The van der Waals surface area contributed by atoms with Crippen molar-refractivity contribution < 1.29 is 19.1 Å². The first-order chi connectivity index (χ1) is 14.4. The summed E-state index contributed by atoms with van der Waals surface area (Å²) in [5, 5.41) is 6.24. The van der Waals surface area contributed by atoms with Crippen LogP contribution in [0.15, 0.2) is 24.3 Å². The molecule has 2 N–H and O–H groups in total. The van der Waals surface area contributed by atoms with Gasteiger partial charge in [0.15, 0.2) is 0 Å². The second-order valence-corrected chi connectivity index (χ2v) is 9.41. The second kappa shape index (κ2) is 10.6. The third-order valence-electron chi connectivity index (χ3n) is 6.95. The fourth-order valence-corrected chi connectivity index (χ4v) is 5.14. The fourth-order valence-electron chi connectivity index (χ4n) is 5.14. The molecule has 1 aliphatic carbocycles.